The molecule has 3 heterocycles. The van der Waals surface area contributed by atoms with Gasteiger partial charge in [-0.1, -0.05) is 0 Å². The molecular weight excluding hydrogens is 454 g/mol. The fourth-order valence-corrected chi connectivity index (χ4v) is 4.32. The van der Waals surface area contributed by atoms with Crippen molar-refractivity contribution < 1.29 is 27.4 Å². The van der Waals surface area contributed by atoms with Crippen molar-refractivity contribution in [2.45, 2.75) is 37.5 Å². The van der Waals surface area contributed by atoms with E-state index in [1.165, 1.54) is 13.3 Å². The Morgan fingerprint density at radius 2 is 2.03 bits per heavy atom. The van der Waals surface area contributed by atoms with Crippen molar-refractivity contribution in [2.24, 2.45) is 5.73 Å². The first-order valence-corrected chi connectivity index (χ1v) is 10.7. The number of nitrogens with two attached hydrogens (primary N) is 1. The lowest BCUT2D eigenvalue weighted by Gasteiger charge is -2.44. The van der Waals surface area contributed by atoms with Crippen LogP contribution in [0.2, 0.25) is 0 Å². The monoisotopic (exact) mass is 479 g/mol. The molecule has 1 fully saturated rings. The number of hydrogen-bond acceptors (Lipinski definition) is 6. The fourth-order valence-electron chi connectivity index (χ4n) is 4.32. The Labute approximate surface area is 193 Å². The third kappa shape index (κ3) is 4.71. The number of hydrogen-bond donors (Lipinski definition) is 2. The normalized spacial score (nSPS) is 19.5. The highest BCUT2D eigenvalue weighted by Gasteiger charge is 2.43. The Morgan fingerprint density at radius 3 is 2.71 bits per heavy atom. The maximum Gasteiger partial charge on any atom is 0.265 e. The highest BCUT2D eigenvalue weighted by Crippen LogP contribution is 2.34. The van der Waals surface area contributed by atoms with E-state index in [1.54, 1.807) is 34.3 Å². The predicted molar refractivity (Wildman–Crippen MR) is 118 cm³/mol. The zero-order valence-electron chi connectivity index (χ0n) is 18.5. The van der Waals surface area contributed by atoms with Crippen molar-refractivity contribution in [3.05, 3.63) is 60.3 Å². The Morgan fingerprint density at radius 1 is 1.24 bits per heavy atom. The summed E-state index contributed by atoms with van der Waals surface area (Å²) in [6, 6.07) is 3.59. The molecule has 2 atom stereocenters. The average molecular weight is 479 g/mol. The van der Waals surface area contributed by atoms with Gasteiger partial charge in [-0.3, -0.25) is 4.98 Å². The van der Waals surface area contributed by atoms with Crippen LogP contribution in [0.5, 0.6) is 5.75 Å². The standard InChI is InChI=1S/C23H25F4N5O2/c1-34-20-9-16(24)15(8-17(20)25)18-7-14(11-31-6-4-29-13-31)19(10-30-18)32-5-2-3-23(28,12-32)21(33)22(26)27/h4,6-10,13,21-22,33H,2-3,5,11-12,28H2,1H3/t21-,23-/m1/s1. The Bertz CT molecular complexity index is 1140. The molecule has 0 radical (unpaired) electrons. The number of aromatic nitrogens is 3. The second kappa shape index (κ2) is 9.59. The molecule has 0 aliphatic carbocycles. The smallest absolute Gasteiger partial charge is 0.265 e. The highest BCUT2D eigenvalue weighted by molar-refractivity contribution is 5.66. The maximum absolute atomic E-state index is 14.7. The quantitative estimate of drug-likeness (QED) is 0.506. The van der Waals surface area contributed by atoms with Crippen LogP contribution in [0.15, 0.2) is 43.1 Å². The zero-order chi connectivity index (χ0) is 24.5. The molecule has 34 heavy (non-hydrogen) atoms. The molecule has 1 aliphatic heterocycles. The summed E-state index contributed by atoms with van der Waals surface area (Å²) in [6.07, 6.45) is 2.22. The van der Waals surface area contributed by atoms with Gasteiger partial charge in [-0.15, -0.1) is 0 Å². The summed E-state index contributed by atoms with van der Waals surface area (Å²) in [7, 11) is 1.24. The number of rotatable bonds is 7. The largest absolute Gasteiger partial charge is 0.494 e. The topological polar surface area (TPSA) is 89.4 Å². The lowest BCUT2D eigenvalue weighted by Crippen LogP contribution is -2.63. The highest BCUT2D eigenvalue weighted by atomic mass is 19.3. The van der Waals surface area contributed by atoms with Gasteiger partial charge in [-0.05, 0) is 30.5 Å². The molecule has 3 N–H and O–H groups in total. The van der Waals surface area contributed by atoms with Crippen LogP contribution in [0.4, 0.5) is 23.2 Å². The lowest BCUT2D eigenvalue weighted by molar-refractivity contribution is -0.0529. The number of alkyl halides is 2. The molecule has 1 aliphatic rings. The Kier molecular flexibility index (Phi) is 6.76. The fraction of sp³-hybridized carbons (Fsp3) is 0.391. The lowest BCUT2D eigenvalue weighted by atomic mass is 9.84. The van der Waals surface area contributed by atoms with Crippen molar-refractivity contribution in [1.29, 1.82) is 0 Å². The third-order valence-corrected chi connectivity index (χ3v) is 6.12. The average Bonchev–Trinajstić information content (AvgIpc) is 3.32. The van der Waals surface area contributed by atoms with E-state index < -0.39 is 29.7 Å². The summed E-state index contributed by atoms with van der Waals surface area (Å²) in [4.78, 5) is 10.2. The number of benzene rings is 1. The zero-order valence-corrected chi connectivity index (χ0v) is 18.5. The van der Waals surface area contributed by atoms with Gasteiger partial charge in [0.05, 0.1) is 43.1 Å². The first-order valence-electron chi connectivity index (χ1n) is 10.7. The van der Waals surface area contributed by atoms with E-state index in [4.69, 9.17) is 10.5 Å². The Hall–Kier alpha value is -3.18. The molecule has 7 nitrogen and oxygen atoms in total. The second-order valence-corrected chi connectivity index (χ2v) is 8.44. The summed E-state index contributed by atoms with van der Waals surface area (Å²) in [5, 5.41) is 10.0. The molecule has 0 bridgehead atoms. The molecule has 0 amide bonds. The van der Waals surface area contributed by atoms with Crippen LogP contribution in [-0.2, 0) is 6.54 Å². The minimum absolute atomic E-state index is 0.0119. The minimum Gasteiger partial charge on any atom is -0.494 e. The van der Waals surface area contributed by atoms with E-state index in [1.807, 2.05) is 0 Å². The molecule has 0 saturated carbocycles. The van der Waals surface area contributed by atoms with Gasteiger partial charge < -0.3 is 25.0 Å². The van der Waals surface area contributed by atoms with E-state index >= 15 is 0 Å². The number of piperidine rings is 1. The first kappa shape index (κ1) is 24.0. The van der Waals surface area contributed by atoms with Gasteiger partial charge in [-0.2, -0.15) is 0 Å². The van der Waals surface area contributed by atoms with E-state index in [-0.39, 0.29) is 30.0 Å². The van der Waals surface area contributed by atoms with E-state index in [0.717, 1.165) is 12.1 Å². The van der Waals surface area contributed by atoms with Crippen molar-refractivity contribution >= 4 is 5.69 Å². The number of aliphatic hydroxyl groups is 1. The summed E-state index contributed by atoms with van der Waals surface area (Å²) >= 11 is 0. The number of pyridine rings is 1. The van der Waals surface area contributed by atoms with Crippen LogP contribution in [0.25, 0.3) is 11.3 Å². The minimum atomic E-state index is -2.97. The van der Waals surface area contributed by atoms with Crippen molar-refractivity contribution in [3.8, 4) is 17.0 Å². The first-order chi connectivity index (χ1) is 16.2. The van der Waals surface area contributed by atoms with Gasteiger partial charge in [0.25, 0.3) is 6.43 Å². The predicted octanol–water partition coefficient (Wildman–Crippen LogP) is 3.20. The van der Waals surface area contributed by atoms with Crippen LogP contribution in [0.3, 0.4) is 0 Å². The van der Waals surface area contributed by atoms with Crippen molar-refractivity contribution in [3.63, 3.8) is 0 Å². The van der Waals surface area contributed by atoms with Gasteiger partial charge in [0, 0.05) is 37.1 Å². The van der Waals surface area contributed by atoms with Crippen LogP contribution in [-0.4, -0.2) is 57.9 Å². The van der Waals surface area contributed by atoms with Gasteiger partial charge >= 0.3 is 0 Å². The van der Waals surface area contributed by atoms with Crippen LogP contribution < -0.4 is 15.4 Å². The van der Waals surface area contributed by atoms with E-state index in [9.17, 15) is 22.7 Å². The molecular formula is C23H25F4N5O2. The van der Waals surface area contributed by atoms with E-state index in [2.05, 4.69) is 9.97 Å². The van der Waals surface area contributed by atoms with Gasteiger partial charge in [0.1, 0.15) is 11.9 Å². The number of nitrogens with zero attached hydrogens (tertiary/aromatic N) is 4. The van der Waals surface area contributed by atoms with Gasteiger partial charge in [0.15, 0.2) is 11.6 Å². The number of anilines is 1. The molecule has 0 unspecified atom stereocenters. The number of ether oxygens (including phenoxy) is 1. The maximum atomic E-state index is 14.7. The Balaban J connectivity index is 1.74. The van der Waals surface area contributed by atoms with Crippen molar-refractivity contribution in [2.75, 3.05) is 25.1 Å². The number of aliphatic hydroxyl groups excluding tert-OH is 1. The van der Waals surface area contributed by atoms with E-state index in [0.29, 0.717) is 30.8 Å². The summed E-state index contributed by atoms with van der Waals surface area (Å²) in [6.45, 7) is 0.816. The molecule has 0 spiro atoms. The summed E-state index contributed by atoms with van der Waals surface area (Å²) in [5.74, 6) is -1.65. The number of methoxy groups -OCH3 is 1. The van der Waals surface area contributed by atoms with Gasteiger partial charge in [-0.25, -0.2) is 22.5 Å². The van der Waals surface area contributed by atoms with Crippen molar-refractivity contribution in [1.82, 2.24) is 14.5 Å². The SMILES string of the molecule is COc1cc(F)c(-c2cc(Cn3ccnc3)c(N3CCC[C@](N)([C@H](O)C(F)F)C3)cn2)cc1F. The van der Waals surface area contributed by atoms with Gasteiger partial charge in [0.2, 0.25) is 0 Å². The van der Waals surface area contributed by atoms with Crippen LogP contribution in [0, 0.1) is 11.6 Å². The molecule has 1 saturated heterocycles. The molecule has 2 aromatic heterocycles. The summed E-state index contributed by atoms with van der Waals surface area (Å²) in [5.41, 5.74) is 6.12. The molecule has 4 rings (SSSR count). The molecule has 11 heteroatoms. The van der Waals surface area contributed by atoms with Crippen LogP contribution >= 0.6 is 0 Å². The number of imidazole rings is 1. The number of halogens is 4. The summed E-state index contributed by atoms with van der Waals surface area (Å²) < 4.78 is 62.1. The molecule has 182 valence electrons. The second-order valence-electron chi connectivity index (χ2n) is 8.44. The third-order valence-electron chi connectivity index (χ3n) is 6.12. The molecule has 1 aromatic carbocycles. The molecule has 3 aromatic rings. The van der Waals surface area contributed by atoms with Crippen LogP contribution in [0.1, 0.15) is 18.4 Å².